The number of hydrogen-bond acceptors (Lipinski definition) is 3. The molecule has 1 unspecified atom stereocenters. The lowest BCUT2D eigenvalue weighted by Crippen LogP contribution is -2.24. The summed E-state index contributed by atoms with van der Waals surface area (Å²) in [6.45, 7) is 4.31. The van der Waals surface area contributed by atoms with E-state index in [9.17, 15) is 0 Å². The molecule has 1 fully saturated rings. The van der Waals surface area contributed by atoms with Crippen molar-refractivity contribution in [3.05, 3.63) is 34.6 Å². The Bertz CT molecular complexity index is 632. The Labute approximate surface area is 133 Å². The predicted molar refractivity (Wildman–Crippen MR) is 84.0 cm³/mol. The third kappa shape index (κ3) is 2.66. The summed E-state index contributed by atoms with van der Waals surface area (Å²) < 4.78 is 5.58. The van der Waals surface area contributed by atoms with E-state index in [0.717, 1.165) is 30.7 Å². The summed E-state index contributed by atoms with van der Waals surface area (Å²) in [5, 5.41) is 4.42. The van der Waals surface area contributed by atoms with Gasteiger partial charge in [0.15, 0.2) is 0 Å². The molecule has 0 aromatic carbocycles. The average molecular weight is 350 g/mol. The fraction of sp³-hybridized carbons (Fsp3) is 0.600. The van der Waals surface area contributed by atoms with Crippen molar-refractivity contribution < 1.29 is 0 Å². The van der Waals surface area contributed by atoms with Crippen LogP contribution in [0.4, 0.5) is 0 Å². The standard InChI is InChI=1S/C15H20BrN5/c16-12-7-18-21(9-12)14-4-6-19(10-14)11-15-17-8-13-3-1-2-5-20(13)15/h7-9,14H,1-6,10-11H2. The number of aromatic nitrogens is 4. The van der Waals surface area contributed by atoms with E-state index in [-0.39, 0.29) is 0 Å². The van der Waals surface area contributed by atoms with E-state index in [2.05, 4.69) is 52.6 Å². The van der Waals surface area contributed by atoms with Gasteiger partial charge < -0.3 is 4.57 Å². The first kappa shape index (κ1) is 13.5. The van der Waals surface area contributed by atoms with Crippen molar-refractivity contribution in [2.24, 2.45) is 0 Å². The molecule has 21 heavy (non-hydrogen) atoms. The van der Waals surface area contributed by atoms with Crippen LogP contribution in [0.3, 0.4) is 0 Å². The zero-order chi connectivity index (χ0) is 14.2. The number of hydrogen-bond donors (Lipinski definition) is 0. The van der Waals surface area contributed by atoms with E-state index in [1.54, 1.807) is 0 Å². The van der Waals surface area contributed by atoms with Crippen molar-refractivity contribution in [2.45, 2.75) is 44.8 Å². The fourth-order valence-electron chi connectivity index (χ4n) is 3.51. The lowest BCUT2D eigenvalue weighted by Gasteiger charge is -2.20. The second-order valence-electron chi connectivity index (χ2n) is 6.09. The lowest BCUT2D eigenvalue weighted by molar-refractivity contribution is 0.296. The second kappa shape index (κ2) is 5.57. The van der Waals surface area contributed by atoms with Crippen LogP contribution in [0.2, 0.25) is 0 Å². The zero-order valence-electron chi connectivity index (χ0n) is 12.1. The Morgan fingerprint density at radius 3 is 3.05 bits per heavy atom. The van der Waals surface area contributed by atoms with Gasteiger partial charge in [-0.25, -0.2) is 4.98 Å². The van der Waals surface area contributed by atoms with Gasteiger partial charge in [0, 0.05) is 37.7 Å². The normalized spacial score (nSPS) is 22.6. The van der Waals surface area contributed by atoms with Gasteiger partial charge in [-0.3, -0.25) is 9.58 Å². The molecule has 0 aliphatic carbocycles. The molecule has 0 N–H and O–H groups in total. The van der Waals surface area contributed by atoms with Gasteiger partial charge in [0.2, 0.25) is 0 Å². The van der Waals surface area contributed by atoms with Crippen molar-refractivity contribution in [2.75, 3.05) is 13.1 Å². The van der Waals surface area contributed by atoms with Crippen molar-refractivity contribution in [3.8, 4) is 0 Å². The zero-order valence-corrected chi connectivity index (χ0v) is 13.7. The van der Waals surface area contributed by atoms with Crippen LogP contribution in [0.5, 0.6) is 0 Å². The second-order valence-corrected chi connectivity index (χ2v) is 7.01. The van der Waals surface area contributed by atoms with Gasteiger partial charge in [-0.2, -0.15) is 5.10 Å². The van der Waals surface area contributed by atoms with Gasteiger partial charge in [0.1, 0.15) is 5.82 Å². The summed E-state index contributed by atoms with van der Waals surface area (Å²) in [6.07, 6.45) is 11.0. The molecule has 2 aromatic rings. The number of nitrogens with zero attached hydrogens (tertiary/aromatic N) is 5. The average Bonchev–Trinajstić information content (AvgIpc) is 3.20. The molecule has 2 aliphatic heterocycles. The van der Waals surface area contributed by atoms with Crippen LogP contribution in [0, 0.1) is 0 Å². The first-order valence-corrected chi connectivity index (χ1v) is 8.54. The van der Waals surface area contributed by atoms with Crippen molar-refractivity contribution in [1.82, 2.24) is 24.2 Å². The Balaban J connectivity index is 1.43. The summed E-state index contributed by atoms with van der Waals surface area (Å²) in [4.78, 5) is 7.16. The van der Waals surface area contributed by atoms with E-state index in [1.165, 1.54) is 37.2 Å². The molecule has 0 saturated carbocycles. The van der Waals surface area contributed by atoms with Gasteiger partial charge in [-0.05, 0) is 41.6 Å². The molecule has 4 heterocycles. The van der Waals surface area contributed by atoms with E-state index >= 15 is 0 Å². The van der Waals surface area contributed by atoms with Crippen LogP contribution in [0.25, 0.3) is 0 Å². The third-order valence-corrected chi connectivity index (χ3v) is 5.05. The van der Waals surface area contributed by atoms with Gasteiger partial charge >= 0.3 is 0 Å². The summed E-state index contributed by atoms with van der Waals surface area (Å²) >= 11 is 3.47. The highest BCUT2D eigenvalue weighted by Crippen LogP contribution is 2.25. The minimum atomic E-state index is 0.493. The molecule has 6 heteroatoms. The van der Waals surface area contributed by atoms with Crippen molar-refractivity contribution >= 4 is 15.9 Å². The molecular weight excluding hydrogens is 330 g/mol. The van der Waals surface area contributed by atoms with E-state index < -0.39 is 0 Å². The van der Waals surface area contributed by atoms with Gasteiger partial charge in [-0.15, -0.1) is 0 Å². The molecule has 1 saturated heterocycles. The highest BCUT2D eigenvalue weighted by atomic mass is 79.9. The molecule has 0 amide bonds. The molecule has 2 aromatic heterocycles. The highest BCUT2D eigenvalue weighted by molar-refractivity contribution is 9.10. The van der Waals surface area contributed by atoms with E-state index in [1.807, 2.05) is 6.20 Å². The van der Waals surface area contributed by atoms with E-state index in [0.29, 0.717) is 6.04 Å². The largest absolute Gasteiger partial charge is 0.331 e. The fourth-order valence-corrected chi connectivity index (χ4v) is 3.82. The van der Waals surface area contributed by atoms with Gasteiger partial charge in [0.05, 0.1) is 23.3 Å². The molecule has 0 radical (unpaired) electrons. The first-order chi connectivity index (χ1) is 10.3. The maximum atomic E-state index is 4.65. The maximum Gasteiger partial charge on any atom is 0.123 e. The summed E-state index contributed by atoms with van der Waals surface area (Å²) in [5.41, 5.74) is 1.42. The highest BCUT2D eigenvalue weighted by Gasteiger charge is 2.26. The summed E-state index contributed by atoms with van der Waals surface area (Å²) in [5.74, 6) is 1.24. The summed E-state index contributed by atoms with van der Waals surface area (Å²) in [6, 6.07) is 0.493. The van der Waals surface area contributed by atoms with Crippen LogP contribution < -0.4 is 0 Å². The monoisotopic (exact) mass is 349 g/mol. The molecule has 0 bridgehead atoms. The molecule has 5 nitrogen and oxygen atoms in total. The Kier molecular flexibility index (Phi) is 3.59. The molecular formula is C15H20BrN5. The number of likely N-dealkylation sites (tertiary alicyclic amines) is 1. The number of fused-ring (bicyclic) bond motifs is 1. The minimum absolute atomic E-state index is 0.493. The van der Waals surface area contributed by atoms with Crippen LogP contribution >= 0.6 is 15.9 Å². The molecule has 1 atom stereocenters. The van der Waals surface area contributed by atoms with Crippen molar-refractivity contribution in [1.29, 1.82) is 0 Å². The predicted octanol–water partition coefficient (Wildman–Crippen LogP) is 2.63. The maximum absolute atomic E-state index is 4.65. The number of aryl methyl sites for hydroxylation is 1. The minimum Gasteiger partial charge on any atom is -0.331 e. The Morgan fingerprint density at radius 2 is 2.19 bits per heavy atom. The smallest absolute Gasteiger partial charge is 0.123 e. The van der Waals surface area contributed by atoms with E-state index in [4.69, 9.17) is 0 Å². The molecule has 112 valence electrons. The Morgan fingerprint density at radius 1 is 1.24 bits per heavy atom. The van der Waals surface area contributed by atoms with Crippen LogP contribution in [-0.2, 0) is 19.5 Å². The van der Waals surface area contributed by atoms with Gasteiger partial charge in [-0.1, -0.05) is 0 Å². The molecule has 2 aliphatic rings. The number of imidazole rings is 1. The summed E-state index contributed by atoms with van der Waals surface area (Å²) in [7, 11) is 0. The Hall–Kier alpha value is -1.14. The van der Waals surface area contributed by atoms with Gasteiger partial charge in [0.25, 0.3) is 0 Å². The van der Waals surface area contributed by atoms with Crippen molar-refractivity contribution in [3.63, 3.8) is 0 Å². The topological polar surface area (TPSA) is 38.9 Å². The van der Waals surface area contributed by atoms with Crippen LogP contribution in [0.15, 0.2) is 23.1 Å². The molecule has 0 spiro atoms. The first-order valence-electron chi connectivity index (χ1n) is 7.75. The number of rotatable bonds is 3. The molecule has 4 rings (SSSR count). The lowest BCUT2D eigenvalue weighted by atomic mass is 10.1. The SMILES string of the molecule is Brc1cnn(C2CCN(Cc3ncc4n3CCCC4)C2)c1. The quantitative estimate of drug-likeness (QED) is 0.854. The van der Waals surface area contributed by atoms with Crippen LogP contribution in [-0.4, -0.2) is 37.3 Å². The number of halogens is 1. The van der Waals surface area contributed by atoms with Crippen LogP contribution in [0.1, 0.15) is 36.8 Å². The third-order valence-electron chi connectivity index (χ3n) is 4.64.